The van der Waals surface area contributed by atoms with Crippen LogP contribution >= 0.6 is 0 Å². The van der Waals surface area contributed by atoms with Crippen LogP contribution in [0.1, 0.15) is 30.3 Å². The van der Waals surface area contributed by atoms with E-state index in [1.54, 1.807) is 24.0 Å². The van der Waals surface area contributed by atoms with E-state index in [0.717, 1.165) is 0 Å². The van der Waals surface area contributed by atoms with E-state index in [0.29, 0.717) is 54.7 Å². The standard InChI is InChI=1S/C17H17FN6O3/c1-10-14(23-27-21-10)20-17(25)24-8-6-12(7-9-24)16-19-15(22-26-16)11-2-4-13(18)5-3-11/h2-5,12H,6-9H2,1H3,(H,20,23,25). The Bertz CT molecular complexity index is 930. The molecule has 140 valence electrons. The van der Waals surface area contributed by atoms with E-state index in [9.17, 15) is 9.18 Å². The fraction of sp³-hybridized carbons (Fsp3) is 0.353. The molecule has 1 aliphatic rings. The molecule has 1 aromatic carbocycles. The fourth-order valence-corrected chi connectivity index (χ4v) is 2.97. The van der Waals surface area contributed by atoms with Crippen molar-refractivity contribution in [2.75, 3.05) is 18.4 Å². The number of nitrogens with one attached hydrogen (secondary N) is 1. The molecule has 4 rings (SSSR count). The van der Waals surface area contributed by atoms with E-state index < -0.39 is 0 Å². The number of nitrogens with zero attached hydrogens (tertiary/aromatic N) is 5. The third-order valence-electron chi connectivity index (χ3n) is 4.55. The van der Waals surface area contributed by atoms with Crippen molar-refractivity contribution in [2.45, 2.75) is 25.7 Å². The van der Waals surface area contributed by atoms with Crippen molar-refractivity contribution >= 4 is 11.8 Å². The predicted molar refractivity (Wildman–Crippen MR) is 91.3 cm³/mol. The summed E-state index contributed by atoms with van der Waals surface area (Å²) in [6.07, 6.45) is 1.41. The number of carbonyl (C=O) groups is 1. The normalized spacial score (nSPS) is 15.1. The topological polar surface area (TPSA) is 110 Å². The zero-order valence-electron chi connectivity index (χ0n) is 14.6. The number of benzene rings is 1. The summed E-state index contributed by atoms with van der Waals surface area (Å²) in [5.74, 6) is 1.05. The Morgan fingerprint density at radius 3 is 2.59 bits per heavy atom. The van der Waals surface area contributed by atoms with Crippen molar-refractivity contribution in [1.29, 1.82) is 0 Å². The van der Waals surface area contributed by atoms with E-state index in [1.807, 2.05) is 0 Å². The molecule has 0 atom stereocenters. The second kappa shape index (κ2) is 7.14. The van der Waals surface area contributed by atoms with Crippen LogP contribution in [0.15, 0.2) is 33.4 Å². The Morgan fingerprint density at radius 1 is 1.19 bits per heavy atom. The molecule has 0 radical (unpaired) electrons. The van der Waals surface area contributed by atoms with Gasteiger partial charge in [0.1, 0.15) is 11.5 Å². The Hall–Kier alpha value is -3.30. The zero-order chi connectivity index (χ0) is 18.8. The first-order valence-corrected chi connectivity index (χ1v) is 8.55. The summed E-state index contributed by atoms with van der Waals surface area (Å²) in [6.45, 7) is 2.80. The molecule has 2 aromatic heterocycles. The third-order valence-corrected chi connectivity index (χ3v) is 4.55. The van der Waals surface area contributed by atoms with Crippen molar-refractivity contribution in [3.05, 3.63) is 41.7 Å². The first-order valence-electron chi connectivity index (χ1n) is 8.55. The van der Waals surface area contributed by atoms with Crippen molar-refractivity contribution in [3.63, 3.8) is 0 Å². The van der Waals surface area contributed by atoms with Crippen LogP contribution in [0.3, 0.4) is 0 Å². The van der Waals surface area contributed by atoms with E-state index in [2.05, 4.69) is 30.4 Å². The van der Waals surface area contributed by atoms with Gasteiger partial charge in [-0.2, -0.15) is 4.98 Å². The molecular formula is C17H17FN6O3. The molecule has 1 saturated heterocycles. The monoisotopic (exact) mass is 372 g/mol. The average molecular weight is 372 g/mol. The van der Waals surface area contributed by atoms with Crippen LogP contribution in [0.5, 0.6) is 0 Å². The summed E-state index contributed by atoms with van der Waals surface area (Å²) in [5, 5.41) is 13.9. The summed E-state index contributed by atoms with van der Waals surface area (Å²) in [5.41, 5.74) is 1.22. The van der Waals surface area contributed by atoms with E-state index in [1.165, 1.54) is 12.1 Å². The highest BCUT2D eigenvalue weighted by Gasteiger charge is 2.28. The molecular weight excluding hydrogens is 355 g/mol. The molecule has 0 saturated carbocycles. The molecule has 2 amide bonds. The van der Waals surface area contributed by atoms with Gasteiger partial charge < -0.3 is 9.42 Å². The lowest BCUT2D eigenvalue weighted by atomic mass is 9.97. The predicted octanol–water partition coefficient (Wildman–Crippen LogP) is 2.98. The summed E-state index contributed by atoms with van der Waals surface area (Å²) >= 11 is 0. The van der Waals surface area contributed by atoms with Gasteiger partial charge in [-0.05, 0) is 49.2 Å². The number of rotatable bonds is 3. The van der Waals surface area contributed by atoms with Gasteiger partial charge in [0.2, 0.25) is 17.5 Å². The van der Waals surface area contributed by atoms with Gasteiger partial charge in [0.15, 0.2) is 0 Å². The van der Waals surface area contributed by atoms with Crippen LogP contribution in [0, 0.1) is 12.7 Å². The molecule has 9 nitrogen and oxygen atoms in total. The molecule has 3 heterocycles. The highest BCUT2D eigenvalue weighted by Crippen LogP contribution is 2.29. The van der Waals surface area contributed by atoms with Gasteiger partial charge in [0, 0.05) is 24.6 Å². The van der Waals surface area contributed by atoms with Gasteiger partial charge in [0.05, 0.1) is 0 Å². The minimum Gasteiger partial charge on any atom is -0.339 e. The van der Waals surface area contributed by atoms with Crippen molar-refractivity contribution in [2.24, 2.45) is 0 Å². The van der Waals surface area contributed by atoms with E-state index in [4.69, 9.17) is 4.52 Å². The van der Waals surface area contributed by atoms with Crippen LogP contribution in [0.25, 0.3) is 11.4 Å². The lowest BCUT2D eigenvalue weighted by Gasteiger charge is -2.30. The largest absolute Gasteiger partial charge is 0.339 e. The molecule has 1 N–H and O–H groups in total. The number of anilines is 1. The fourth-order valence-electron chi connectivity index (χ4n) is 2.97. The second-order valence-electron chi connectivity index (χ2n) is 6.35. The first kappa shape index (κ1) is 17.1. The van der Waals surface area contributed by atoms with Gasteiger partial charge >= 0.3 is 6.03 Å². The number of hydrogen-bond donors (Lipinski definition) is 1. The summed E-state index contributed by atoms with van der Waals surface area (Å²) in [4.78, 5) is 18.4. The third kappa shape index (κ3) is 3.64. The number of carbonyl (C=O) groups excluding carboxylic acids is 1. The summed E-state index contributed by atoms with van der Waals surface area (Å²) < 4.78 is 23.0. The molecule has 1 aliphatic heterocycles. The van der Waals surface area contributed by atoms with Gasteiger partial charge in [-0.3, -0.25) is 5.32 Å². The van der Waals surface area contributed by atoms with E-state index in [-0.39, 0.29) is 17.8 Å². The van der Waals surface area contributed by atoms with E-state index >= 15 is 0 Å². The minimum atomic E-state index is -0.315. The maximum absolute atomic E-state index is 13.0. The smallest absolute Gasteiger partial charge is 0.323 e. The number of aryl methyl sites for hydroxylation is 1. The maximum atomic E-state index is 13.0. The van der Waals surface area contributed by atoms with Crippen LogP contribution in [-0.4, -0.2) is 44.5 Å². The first-order chi connectivity index (χ1) is 13.1. The SMILES string of the molecule is Cc1nonc1NC(=O)N1CCC(c2nc(-c3ccc(F)cc3)no2)CC1. The van der Waals surface area contributed by atoms with Crippen molar-refractivity contribution < 1.29 is 18.3 Å². The quantitative estimate of drug-likeness (QED) is 0.752. The van der Waals surface area contributed by atoms with Crippen LogP contribution in [0.2, 0.25) is 0 Å². The second-order valence-corrected chi connectivity index (χ2v) is 6.35. The summed E-state index contributed by atoms with van der Waals surface area (Å²) in [7, 11) is 0. The van der Waals surface area contributed by atoms with Crippen LogP contribution in [-0.2, 0) is 0 Å². The number of halogens is 1. The van der Waals surface area contributed by atoms with Crippen molar-refractivity contribution in [3.8, 4) is 11.4 Å². The van der Waals surface area contributed by atoms with Gasteiger partial charge in [-0.1, -0.05) is 10.3 Å². The molecule has 3 aromatic rings. The Balaban J connectivity index is 1.36. The molecule has 0 spiro atoms. The summed E-state index contributed by atoms with van der Waals surface area (Å²) in [6, 6.07) is 5.68. The Labute approximate surface area is 153 Å². The number of hydrogen-bond acceptors (Lipinski definition) is 7. The molecule has 27 heavy (non-hydrogen) atoms. The molecule has 0 unspecified atom stereocenters. The molecule has 0 bridgehead atoms. The molecule has 10 heteroatoms. The molecule has 1 fully saturated rings. The Kier molecular flexibility index (Phi) is 4.53. The lowest BCUT2D eigenvalue weighted by Crippen LogP contribution is -2.40. The highest BCUT2D eigenvalue weighted by molar-refractivity contribution is 5.88. The lowest BCUT2D eigenvalue weighted by molar-refractivity contribution is 0.187. The minimum absolute atomic E-state index is 0.0752. The van der Waals surface area contributed by atoms with Crippen LogP contribution < -0.4 is 5.32 Å². The van der Waals surface area contributed by atoms with Crippen molar-refractivity contribution in [1.82, 2.24) is 25.4 Å². The van der Waals surface area contributed by atoms with Gasteiger partial charge in [-0.25, -0.2) is 13.8 Å². The number of piperidine rings is 1. The van der Waals surface area contributed by atoms with Gasteiger partial charge in [0.25, 0.3) is 0 Å². The van der Waals surface area contributed by atoms with Gasteiger partial charge in [-0.15, -0.1) is 0 Å². The molecule has 0 aliphatic carbocycles. The number of aromatic nitrogens is 4. The van der Waals surface area contributed by atoms with Crippen LogP contribution in [0.4, 0.5) is 15.0 Å². The number of urea groups is 1. The zero-order valence-corrected chi connectivity index (χ0v) is 14.6. The number of likely N-dealkylation sites (tertiary alicyclic amines) is 1. The number of amides is 2. The maximum Gasteiger partial charge on any atom is 0.323 e. The highest BCUT2D eigenvalue weighted by atomic mass is 19.1. The average Bonchev–Trinajstić information content (AvgIpc) is 3.32. The Morgan fingerprint density at radius 2 is 1.93 bits per heavy atom.